The van der Waals surface area contributed by atoms with Gasteiger partial charge in [-0.05, 0) is 43.2 Å². The number of aryl methyl sites for hydroxylation is 1. The van der Waals surface area contributed by atoms with Gasteiger partial charge in [0.25, 0.3) is 11.5 Å². The van der Waals surface area contributed by atoms with E-state index in [9.17, 15) is 9.59 Å². The number of aromatic nitrogens is 2. The largest absolute Gasteiger partial charge is 0.353 e. The van der Waals surface area contributed by atoms with Crippen LogP contribution in [0.15, 0.2) is 58.4 Å². The predicted octanol–water partition coefficient (Wildman–Crippen LogP) is 3.59. The number of anilines is 1. The standard InChI is InChI=1S/C27H29N5O2S2/c1-3-29-13-15-30(16-14-29)24-21(25(33)32-18-19(2)9-10-23(32)28-24)17-22-26(34)31(27(35)36-22)12-11-20-7-5-4-6-8-20/h4-10,17-18H,3,11-16H2,1-2H3/b22-17-. The molecule has 0 bridgehead atoms. The number of fused-ring (bicyclic) bond motifs is 1. The summed E-state index contributed by atoms with van der Waals surface area (Å²) < 4.78 is 2.09. The highest BCUT2D eigenvalue weighted by molar-refractivity contribution is 8.26. The third-order valence-electron chi connectivity index (χ3n) is 6.72. The van der Waals surface area contributed by atoms with Gasteiger partial charge >= 0.3 is 0 Å². The first kappa shape index (κ1) is 24.7. The lowest BCUT2D eigenvalue weighted by atomic mass is 10.1. The molecular weight excluding hydrogens is 490 g/mol. The quantitative estimate of drug-likeness (QED) is 0.364. The number of carbonyl (C=O) groups excluding carboxylic acids is 1. The Kier molecular flexibility index (Phi) is 7.22. The fourth-order valence-corrected chi connectivity index (χ4v) is 5.89. The van der Waals surface area contributed by atoms with Crippen LogP contribution in [0.2, 0.25) is 0 Å². The third kappa shape index (κ3) is 4.96. The average Bonchev–Trinajstić information content (AvgIpc) is 3.17. The van der Waals surface area contributed by atoms with E-state index in [1.807, 2.05) is 49.4 Å². The number of carbonyl (C=O) groups is 1. The summed E-state index contributed by atoms with van der Waals surface area (Å²) >= 11 is 6.80. The van der Waals surface area contributed by atoms with Gasteiger partial charge in [0.05, 0.1) is 10.5 Å². The number of amides is 1. The molecule has 2 aliphatic heterocycles. The molecule has 1 amide bonds. The minimum atomic E-state index is -0.175. The lowest BCUT2D eigenvalue weighted by Crippen LogP contribution is -2.47. The first-order valence-corrected chi connectivity index (χ1v) is 13.5. The highest BCUT2D eigenvalue weighted by Gasteiger charge is 2.33. The molecule has 2 fully saturated rings. The Morgan fingerprint density at radius 3 is 2.53 bits per heavy atom. The van der Waals surface area contributed by atoms with Crippen LogP contribution < -0.4 is 10.5 Å². The second kappa shape index (κ2) is 10.5. The van der Waals surface area contributed by atoms with Gasteiger partial charge in [-0.1, -0.05) is 67.3 Å². The van der Waals surface area contributed by atoms with E-state index in [2.05, 4.69) is 16.7 Å². The molecule has 5 rings (SSSR count). The summed E-state index contributed by atoms with van der Waals surface area (Å²) in [6.07, 6.45) is 4.21. The number of piperazine rings is 1. The van der Waals surface area contributed by atoms with E-state index in [4.69, 9.17) is 17.2 Å². The second-order valence-corrected chi connectivity index (χ2v) is 10.8. The lowest BCUT2D eigenvalue weighted by Gasteiger charge is -2.35. The van der Waals surface area contributed by atoms with Crippen molar-refractivity contribution in [3.05, 3.63) is 80.6 Å². The minimum Gasteiger partial charge on any atom is -0.353 e. The van der Waals surface area contributed by atoms with Crippen LogP contribution in [0.3, 0.4) is 0 Å². The summed E-state index contributed by atoms with van der Waals surface area (Å²) in [7, 11) is 0. The molecule has 2 aliphatic rings. The molecule has 0 radical (unpaired) electrons. The number of rotatable bonds is 6. The summed E-state index contributed by atoms with van der Waals surface area (Å²) in [5.74, 6) is 0.477. The number of thiocarbonyl (C=S) groups is 1. The van der Waals surface area contributed by atoms with Crippen molar-refractivity contribution in [3.8, 4) is 0 Å². The molecule has 2 aromatic heterocycles. The zero-order valence-corrected chi connectivity index (χ0v) is 22.1. The molecule has 9 heteroatoms. The van der Waals surface area contributed by atoms with Gasteiger partial charge in [-0.3, -0.25) is 18.9 Å². The molecular formula is C27H29N5O2S2. The fraction of sp³-hybridized carbons (Fsp3) is 0.333. The molecule has 7 nitrogen and oxygen atoms in total. The van der Waals surface area contributed by atoms with Gasteiger partial charge in [-0.15, -0.1) is 0 Å². The molecule has 0 aliphatic carbocycles. The molecule has 0 atom stereocenters. The molecule has 1 aromatic carbocycles. The van der Waals surface area contributed by atoms with Gasteiger partial charge in [0, 0.05) is 38.9 Å². The number of likely N-dealkylation sites (N-methyl/N-ethyl adjacent to an activating group) is 1. The SMILES string of the molecule is CCN1CCN(c2nc3ccc(C)cn3c(=O)c2/C=C2\SC(=S)N(CCc3ccccc3)C2=O)CC1. The van der Waals surface area contributed by atoms with Crippen LogP contribution in [0.1, 0.15) is 23.6 Å². The highest BCUT2D eigenvalue weighted by atomic mass is 32.2. The summed E-state index contributed by atoms with van der Waals surface area (Å²) in [5.41, 5.74) is 2.98. The topological polar surface area (TPSA) is 61.2 Å². The Balaban J connectivity index is 1.50. The summed E-state index contributed by atoms with van der Waals surface area (Å²) in [6, 6.07) is 13.9. The molecule has 4 heterocycles. The maximum atomic E-state index is 13.7. The zero-order chi connectivity index (χ0) is 25.2. The first-order valence-electron chi connectivity index (χ1n) is 12.2. The van der Waals surface area contributed by atoms with Crippen LogP contribution in [0.25, 0.3) is 11.7 Å². The molecule has 0 unspecified atom stereocenters. The Morgan fingerprint density at radius 1 is 1.06 bits per heavy atom. The Hall–Kier alpha value is -3.01. The second-order valence-electron chi connectivity index (χ2n) is 9.08. The summed E-state index contributed by atoms with van der Waals surface area (Å²) in [6.45, 7) is 8.98. The fourth-order valence-electron chi connectivity index (χ4n) is 4.60. The van der Waals surface area contributed by atoms with E-state index in [0.29, 0.717) is 39.2 Å². The van der Waals surface area contributed by atoms with Gasteiger partial charge in [-0.2, -0.15) is 0 Å². The van der Waals surface area contributed by atoms with Crippen molar-refractivity contribution in [2.75, 3.05) is 44.2 Å². The van der Waals surface area contributed by atoms with Crippen LogP contribution in [-0.4, -0.2) is 68.7 Å². The molecule has 0 spiro atoms. The van der Waals surface area contributed by atoms with E-state index in [0.717, 1.165) is 43.9 Å². The number of hydrogen-bond donors (Lipinski definition) is 0. The van der Waals surface area contributed by atoms with Crippen molar-refractivity contribution in [2.24, 2.45) is 0 Å². The van der Waals surface area contributed by atoms with Crippen molar-refractivity contribution in [2.45, 2.75) is 20.3 Å². The van der Waals surface area contributed by atoms with Gasteiger partial charge in [0.15, 0.2) is 0 Å². The lowest BCUT2D eigenvalue weighted by molar-refractivity contribution is -0.122. The van der Waals surface area contributed by atoms with Gasteiger partial charge in [0.2, 0.25) is 0 Å². The maximum Gasteiger partial charge on any atom is 0.267 e. The number of thioether (sulfide) groups is 1. The van der Waals surface area contributed by atoms with Gasteiger partial charge in [0.1, 0.15) is 15.8 Å². The molecule has 0 saturated carbocycles. The molecule has 186 valence electrons. The number of nitrogens with zero attached hydrogens (tertiary/aromatic N) is 5. The molecule has 36 heavy (non-hydrogen) atoms. The van der Waals surface area contributed by atoms with E-state index >= 15 is 0 Å². The van der Waals surface area contributed by atoms with Crippen LogP contribution in [-0.2, 0) is 11.2 Å². The normalized spacial score (nSPS) is 18.1. The predicted molar refractivity (Wildman–Crippen MR) is 151 cm³/mol. The van der Waals surface area contributed by atoms with Gasteiger partial charge in [-0.25, -0.2) is 4.98 Å². The van der Waals surface area contributed by atoms with Gasteiger partial charge < -0.3 is 9.80 Å². The minimum absolute atomic E-state index is 0.156. The third-order valence-corrected chi connectivity index (χ3v) is 8.10. The van der Waals surface area contributed by atoms with Crippen LogP contribution >= 0.6 is 24.0 Å². The monoisotopic (exact) mass is 519 g/mol. The van der Waals surface area contributed by atoms with Crippen LogP contribution in [0.5, 0.6) is 0 Å². The number of pyridine rings is 1. The van der Waals surface area contributed by atoms with Crippen molar-refractivity contribution in [3.63, 3.8) is 0 Å². The van der Waals surface area contributed by atoms with Crippen LogP contribution in [0, 0.1) is 6.92 Å². The van der Waals surface area contributed by atoms with E-state index in [1.165, 1.54) is 11.8 Å². The van der Waals surface area contributed by atoms with Crippen molar-refractivity contribution in [1.29, 1.82) is 0 Å². The number of hydrogen-bond acceptors (Lipinski definition) is 7. The maximum absolute atomic E-state index is 13.7. The van der Waals surface area contributed by atoms with Crippen molar-refractivity contribution < 1.29 is 4.79 Å². The van der Waals surface area contributed by atoms with E-state index in [-0.39, 0.29) is 11.5 Å². The zero-order valence-electron chi connectivity index (χ0n) is 20.5. The van der Waals surface area contributed by atoms with Crippen molar-refractivity contribution in [1.82, 2.24) is 19.2 Å². The van der Waals surface area contributed by atoms with Crippen LogP contribution in [0.4, 0.5) is 5.82 Å². The number of benzene rings is 1. The Bertz CT molecular complexity index is 1390. The Morgan fingerprint density at radius 2 is 1.81 bits per heavy atom. The highest BCUT2D eigenvalue weighted by Crippen LogP contribution is 2.33. The molecule has 0 N–H and O–H groups in total. The first-order chi connectivity index (χ1) is 17.4. The molecule has 2 saturated heterocycles. The molecule has 3 aromatic rings. The summed E-state index contributed by atoms with van der Waals surface area (Å²) in [5, 5.41) is 0. The van der Waals surface area contributed by atoms with E-state index in [1.54, 1.807) is 21.6 Å². The smallest absolute Gasteiger partial charge is 0.267 e. The Labute approximate surface area is 220 Å². The van der Waals surface area contributed by atoms with E-state index < -0.39 is 0 Å². The van der Waals surface area contributed by atoms with Crippen molar-refractivity contribution >= 4 is 51.7 Å². The summed E-state index contributed by atoms with van der Waals surface area (Å²) in [4.78, 5) is 38.6. The average molecular weight is 520 g/mol.